The number of carboxylic acids is 1. The van der Waals surface area contributed by atoms with E-state index in [2.05, 4.69) is 44.7 Å². The molecule has 1 amide bonds. The van der Waals surface area contributed by atoms with E-state index in [0.29, 0.717) is 29.3 Å². The molecule has 1 aromatic carbocycles. The van der Waals surface area contributed by atoms with Gasteiger partial charge in [0.05, 0.1) is 0 Å². The maximum Gasteiger partial charge on any atom is 0.490 e. The van der Waals surface area contributed by atoms with Gasteiger partial charge in [-0.2, -0.15) is 28.1 Å². The minimum Gasteiger partial charge on any atom is -0.475 e. The van der Waals surface area contributed by atoms with Crippen molar-refractivity contribution >= 4 is 35.4 Å². The molecule has 2 aromatic rings. The monoisotopic (exact) mass is 512 g/mol. The van der Waals surface area contributed by atoms with Gasteiger partial charge in [-0.3, -0.25) is 4.79 Å². The second kappa shape index (κ2) is 12.3. The number of hydrogen-bond donors (Lipinski definition) is 5. The van der Waals surface area contributed by atoms with Gasteiger partial charge in [0.15, 0.2) is 0 Å². The van der Waals surface area contributed by atoms with Crippen molar-refractivity contribution in [3.63, 3.8) is 0 Å². The molecule has 1 aromatic heterocycles. The van der Waals surface area contributed by atoms with Gasteiger partial charge in [-0.1, -0.05) is 19.9 Å². The van der Waals surface area contributed by atoms with Crippen LogP contribution < -0.4 is 26.6 Å². The summed E-state index contributed by atoms with van der Waals surface area (Å²) in [4.78, 5) is 36.2. The van der Waals surface area contributed by atoms with Crippen molar-refractivity contribution in [2.24, 2.45) is 11.7 Å². The first-order valence-corrected chi connectivity index (χ1v) is 11.2. The summed E-state index contributed by atoms with van der Waals surface area (Å²) in [6.07, 6.45) is -4.06. The lowest BCUT2D eigenvalue weighted by Crippen LogP contribution is -2.27. The number of aromatic nitrogens is 3. The molecule has 36 heavy (non-hydrogen) atoms. The highest BCUT2D eigenvalue weighted by Crippen LogP contribution is 2.23. The van der Waals surface area contributed by atoms with Gasteiger partial charge in [0.2, 0.25) is 23.8 Å². The number of benzene rings is 1. The molecule has 1 atom stereocenters. The summed E-state index contributed by atoms with van der Waals surface area (Å²) in [6, 6.07) is 5.55. The van der Waals surface area contributed by atoms with Gasteiger partial charge in [0.25, 0.3) is 0 Å². The van der Waals surface area contributed by atoms with Crippen molar-refractivity contribution in [3.8, 4) is 0 Å². The molecule has 0 saturated carbocycles. The third kappa shape index (κ3) is 8.83. The van der Waals surface area contributed by atoms with Gasteiger partial charge in [-0.25, -0.2) is 4.79 Å². The Morgan fingerprint density at radius 1 is 1.25 bits per heavy atom. The number of rotatable bonds is 8. The minimum absolute atomic E-state index is 0.286. The number of hydrogen-bond acceptors (Lipinski definition) is 9. The first-order chi connectivity index (χ1) is 16.8. The highest BCUT2D eigenvalue weighted by Gasteiger charge is 2.38. The SMILES string of the molecule is Cc1ccc(C(N)=O)cc1Nc1nc(N[C@@H]2CCNC2)nc(N(C)CC(C)C)n1.O=C(O)C(F)(F)F. The van der Waals surface area contributed by atoms with E-state index in [0.717, 1.165) is 37.3 Å². The van der Waals surface area contributed by atoms with Crippen molar-refractivity contribution in [3.05, 3.63) is 29.3 Å². The van der Waals surface area contributed by atoms with E-state index in [1.54, 1.807) is 12.1 Å². The fraction of sp³-hybridized carbons (Fsp3) is 0.500. The fourth-order valence-corrected chi connectivity index (χ4v) is 3.28. The molecular formula is C22H31F3N8O3. The number of aryl methyl sites for hydroxylation is 1. The molecule has 1 fully saturated rings. The lowest BCUT2D eigenvalue weighted by Gasteiger charge is -2.21. The number of carboxylic acid groups (broad SMARTS) is 1. The predicted octanol–water partition coefficient (Wildman–Crippen LogP) is 2.52. The Morgan fingerprint density at radius 3 is 2.42 bits per heavy atom. The lowest BCUT2D eigenvalue weighted by atomic mass is 10.1. The summed E-state index contributed by atoms with van der Waals surface area (Å²) in [5.74, 6) is -1.22. The largest absolute Gasteiger partial charge is 0.490 e. The van der Waals surface area contributed by atoms with E-state index >= 15 is 0 Å². The molecule has 0 aliphatic carbocycles. The third-order valence-corrected chi connectivity index (χ3v) is 5.01. The number of carbonyl (C=O) groups excluding carboxylic acids is 1. The number of nitrogens with zero attached hydrogens (tertiary/aromatic N) is 4. The number of carbonyl (C=O) groups is 2. The van der Waals surface area contributed by atoms with Crippen LogP contribution in [0.25, 0.3) is 0 Å². The van der Waals surface area contributed by atoms with Crippen LogP contribution >= 0.6 is 0 Å². The number of amides is 1. The number of primary amides is 1. The summed E-state index contributed by atoms with van der Waals surface area (Å²) in [5.41, 5.74) is 7.55. The van der Waals surface area contributed by atoms with Crippen LogP contribution in [0.5, 0.6) is 0 Å². The van der Waals surface area contributed by atoms with Gasteiger partial charge in [0.1, 0.15) is 0 Å². The average molecular weight is 513 g/mol. The molecule has 0 unspecified atom stereocenters. The van der Waals surface area contributed by atoms with Gasteiger partial charge in [-0.05, 0) is 43.5 Å². The first-order valence-electron chi connectivity index (χ1n) is 11.2. The smallest absolute Gasteiger partial charge is 0.475 e. The molecule has 0 radical (unpaired) electrons. The van der Waals surface area contributed by atoms with E-state index in [-0.39, 0.29) is 6.04 Å². The molecule has 198 valence electrons. The summed E-state index contributed by atoms with van der Waals surface area (Å²) in [5, 5.41) is 17.1. The van der Waals surface area contributed by atoms with Crippen LogP contribution in [-0.2, 0) is 4.79 Å². The number of nitrogens with one attached hydrogen (secondary N) is 3. The number of aliphatic carboxylic acids is 1. The quantitative estimate of drug-likeness (QED) is 0.356. The molecule has 1 aliphatic rings. The molecule has 1 saturated heterocycles. The Balaban J connectivity index is 0.000000572. The number of halogens is 3. The number of alkyl halides is 3. The van der Waals surface area contributed by atoms with Gasteiger partial charge in [0, 0.05) is 37.4 Å². The Hall–Kier alpha value is -3.68. The zero-order valence-electron chi connectivity index (χ0n) is 20.5. The summed E-state index contributed by atoms with van der Waals surface area (Å²) in [6.45, 7) is 8.93. The summed E-state index contributed by atoms with van der Waals surface area (Å²) in [7, 11) is 1.97. The Bertz CT molecular complexity index is 1060. The van der Waals surface area contributed by atoms with Crippen LogP contribution in [0.1, 0.15) is 36.2 Å². The van der Waals surface area contributed by atoms with Crippen molar-refractivity contribution in [1.82, 2.24) is 20.3 Å². The Morgan fingerprint density at radius 2 is 1.89 bits per heavy atom. The van der Waals surface area contributed by atoms with Gasteiger partial charge in [-0.15, -0.1) is 0 Å². The van der Waals surface area contributed by atoms with E-state index in [1.165, 1.54) is 0 Å². The minimum atomic E-state index is -5.08. The normalized spacial score (nSPS) is 15.2. The molecule has 14 heteroatoms. The van der Waals surface area contributed by atoms with Crippen LogP contribution in [0.4, 0.5) is 36.7 Å². The standard InChI is InChI=1S/C20H30N8O.C2HF3O2/c1-12(2)11-28(4)20-26-18(23-15-7-8-22-10-15)25-19(27-20)24-16-9-14(17(21)29)6-5-13(16)3;3-2(4,5)1(6)7/h5-6,9,12,15,22H,7-8,10-11H2,1-4H3,(H2,21,29)(H2,23,24,25,26,27);(H,6,7)/t15-;/m1./s1. The fourth-order valence-electron chi connectivity index (χ4n) is 3.28. The maximum atomic E-state index is 11.5. The molecule has 6 N–H and O–H groups in total. The van der Waals surface area contributed by atoms with E-state index in [1.807, 2.05) is 24.9 Å². The van der Waals surface area contributed by atoms with Crippen molar-refractivity contribution in [2.45, 2.75) is 39.4 Å². The average Bonchev–Trinajstić information content (AvgIpc) is 3.27. The van der Waals surface area contributed by atoms with Gasteiger partial charge >= 0.3 is 12.1 Å². The molecule has 11 nitrogen and oxygen atoms in total. The Labute approximate surface area is 206 Å². The van der Waals surface area contributed by atoms with Crippen LogP contribution in [0.2, 0.25) is 0 Å². The van der Waals surface area contributed by atoms with E-state index in [9.17, 15) is 18.0 Å². The highest BCUT2D eigenvalue weighted by molar-refractivity contribution is 5.94. The predicted molar refractivity (Wildman–Crippen MR) is 130 cm³/mol. The van der Waals surface area contributed by atoms with Gasteiger partial charge < -0.3 is 31.7 Å². The summed E-state index contributed by atoms with van der Waals surface area (Å²) < 4.78 is 31.7. The molecule has 1 aliphatic heterocycles. The van der Waals surface area contributed by atoms with Crippen LogP contribution in [0.15, 0.2) is 18.2 Å². The van der Waals surface area contributed by atoms with Crippen molar-refractivity contribution in [1.29, 1.82) is 0 Å². The second-order valence-electron chi connectivity index (χ2n) is 8.71. The maximum absolute atomic E-state index is 11.5. The third-order valence-electron chi connectivity index (χ3n) is 5.01. The van der Waals surface area contributed by atoms with Crippen molar-refractivity contribution < 1.29 is 27.9 Å². The van der Waals surface area contributed by atoms with Crippen LogP contribution in [-0.4, -0.2) is 70.8 Å². The van der Waals surface area contributed by atoms with Crippen molar-refractivity contribution in [2.75, 3.05) is 42.2 Å². The molecule has 0 bridgehead atoms. The Kier molecular flexibility index (Phi) is 9.78. The molecule has 2 heterocycles. The summed E-state index contributed by atoms with van der Waals surface area (Å²) >= 11 is 0. The number of nitrogens with two attached hydrogens (primary N) is 1. The van der Waals surface area contributed by atoms with Crippen LogP contribution in [0.3, 0.4) is 0 Å². The molecular weight excluding hydrogens is 481 g/mol. The van der Waals surface area contributed by atoms with Crippen LogP contribution in [0, 0.1) is 12.8 Å². The lowest BCUT2D eigenvalue weighted by molar-refractivity contribution is -0.192. The van der Waals surface area contributed by atoms with E-state index < -0.39 is 18.1 Å². The molecule has 0 spiro atoms. The topological polar surface area (TPSA) is 158 Å². The highest BCUT2D eigenvalue weighted by atomic mass is 19.4. The second-order valence-corrected chi connectivity index (χ2v) is 8.71. The first kappa shape index (κ1) is 28.6. The number of anilines is 4. The molecule has 3 rings (SSSR count). The zero-order chi connectivity index (χ0) is 27.0. The van der Waals surface area contributed by atoms with E-state index in [4.69, 9.17) is 15.6 Å². The zero-order valence-corrected chi connectivity index (χ0v) is 20.5.